The highest BCUT2D eigenvalue weighted by molar-refractivity contribution is 7.84. The molecule has 0 spiro atoms. The van der Waals surface area contributed by atoms with E-state index in [1.165, 1.54) is 18.4 Å². The van der Waals surface area contributed by atoms with Gasteiger partial charge in [0.05, 0.1) is 35.3 Å². The SMILES string of the molecule is Cc1ccc(C(=O)NC(C)C)cc1-c1nc(N2CCN(c3ccccc3)CC2)nc2c1CNC(=O)N2c1c(F)cccc1F.Cc1ccc(C(=O)NC(C)C)cc1-c1nc(S(C)=O)nc2c1CNC(=O)N2c1c(F)cccc1F. The molecule has 0 radical (unpaired) electrons. The summed E-state index contributed by atoms with van der Waals surface area (Å²) >= 11 is 0. The Kier molecular flexibility index (Phi) is 16.0. The maximum absolute atomic E-state index is 15.1. The molecule has 10 rings (SSSR count). The van der Waals surface area contributed by atoms with Crippen molar-refractivity contribution in [2.75, 3.05) is 52.0 Å². The fourth-order valence-corrected chi connectivity index (χ4v) is 9.79. The van der Waals surface area contributed by atoms with Crippen LogP contribution in [0.3, 0.4) is 0 Å². The van der Waals surface area contributed by atoms with Crippen molar-refractivity contribution in [3.05, 3.63) is 160 Å². The van der Waals surface area contributed by atoms with Gasteiger partial charge >= 0.3 is 12.1 Å². The molecule has 3 aliphatic rings. The molecule has 5 aromatic carbocycles. The topological polar surface area (TPSA) is 198 Å². The third kappa shape index (κ3) is 11.5. The molecule has 79 heavy (non-hydrogen) atoms. The number of amides is 6. The number of piperazine rings is 1. The third-order valence-electron chi connectivity index (χ3n) is 13.2. The minimum absolute atomic E-state index is 0.0332. The highest BCUT2D eigenvalue weighted by Crippen LogP contribution is 2.42. The second-order valence-corrected chi connectivity index (χ2v) is 20.8. The molecule has 408 valence electrons. The molecule has 1 atom stereocenters. The third-order valence-corrected chi connectivity index (χ3v) is 13.9. The maximum atomic E-state index is 15.1. The summed E-state index contributed by atoms with van der Waals surface area (Å²) in [5.41, 5.74) is 5.25. The molecule has 2 aromatic heterocycles. The molecule has 0 bridgehead atoms. The molecule has 0 saturated carbocycles. The van der Waals surface area contributed by atoms with Crippen molar-refractivity contribution in [3.8, 4) is 22.5 Å². The number of aromatic nitrogens is 4. The van der Waals surface area contributed by atoms with Gasteiger partial charge in [-0.1, -0.05) is 42.5 Å². The number of nitrogens with zero attached hydrogens (tertiary/aromatic N) is 8. The van der Waals surface area contributed by atoms with Crippen molar-refractivity contribution in [2.45, 2.75) is 71.9 Å². The van der Waals surface area contributed by atoms with Crippen molar-refractivity contribution in [1.29, 1.82) is 0 Å². The van der Waals surface area contributed by atoms with Gasteiger partial charge in [0.2, 0.25) is 11.1 Å². The minimum Gasteiger partial charge on any atom is -0.368 e. The van der Waals surface area contributed by atoms with Crippen LogP contribution in [0, 0.1) is 37.1 Å². The molecular formula is C57H56F4N12O5S. The zero-order valence-electron chi connectivity index (χ0n) is 44.3. The van der Waals surface area contributed by atoms with Crippen molar-refractivity contribution in [3.63, 3.8) is 0 Å². The van der Waals surface area contributed by atoms with E-state index in [9.17, 15) is 32.2 Å². The van der Waals surface area contributed by atoms with Crippen LogP contribution in [0.2, 0.25) is 0 Å². The Morgan fingerprint density at radius 3 is 1.44 bits per heavy atom. The lowest BCUT2D eigenvalue weighted by Crippen LogP contribution is -2.48. The number of halogens is 4. The summed E-state index contributed by atoms with van der Waals surface area (Å²) < 4.78 is 72.0. The summed E-state index contributed by atoms with van der Waals surface area (Å²) in [4.78, 5) is 76.2. The van der Waals surface area contributed by atoms with Gasteiger partial charge in [-0.15, -0.1) is 0 Å². The first-order valence-electron chi connectivity index (χ1n) is 25.4. The summed E-state index contributed by atoms with van der Waals surface area (Å²) in [5, 5.41) is 11.0. The highest BCUT2D eigenvalue weighted by atomic mass is 32.2. The Morgan fingerprint density at radius 2 is 1.00 bits per heavy atom. The molecule has 22 heteroatoms. The Labute approximate surface area is 455 Å². The number of rotatable bonds is 11. The molecule has 1 saturated heterocycles. The van der Waals surface area contributed by atoms with Crippen LogP contribution in [0.25, 0.3) is 22.5 Å². The Morgan fingerprint density at radius 1 is 0.570 bits per heavy atom. The highest BCUT2D eigenvalue weighted by Gasteiger charge is 2.37. The zero-order chi connectivity index (χ0) is 56.4. The van der Waals surface area contributed by atoms with Crippen LogP contribution in [0.15, 0.2) is 108 Å². The monoisotopic (exact) mass is 1100 g/mol. The zero-order valence-corrected chi connectivity index (χ0v) is 45.1. The summed E-state index contributed by atoms with van der Waals surface area (Å²) in [5.74, 6) is -3.88. The van der Waals surface area contributed by atoms with Gasteiger partial charge in [-0.3, -0.25) is 13.8 Å². The molecule has 5 heterocycles. The first-order chi connectivity index (χ1) is 37.8. The Balaban J connectivity index is 0.000000197. The van der Waals surface area contributed by atoms with Gasteiger partial charge in [-0.05, 0) is 113 Å². The van der Waals surface area contributed by atoms with E-state index in [0.29, 0.717) is 76.9 Å². The molecule has 1 unspecified atom stereocenters. The average Bonchev–Trinajstić information content (AvgIpc) is 3.60. The quantitative estimate of drug-likeness (QED) is 0.0711. The predicted molar refractivity (Wildman–Crippen MR) is 294 cm³/mol. The Hall–Kier alpha value is -8.79. The number of carbonyl (C=O) groups is 4. The van der Waals surface area contributed by atoms with Crippen molar-refractivity contribution in [1.82, 2.24) is 41.2 Å². The number of nitrogens with one attached hydrogen (secondary N) is 4. The van der Waals surface area contributed by atoms with Gasteiger partial charge in [0.15, 0.2) is 11.6 Å². The number of anilines is 6. The van der Waals surface area contributed by atoms with Crippen LogP contribution < -0.4 is 40.9 Å². The molecular weight excluding hydrogens is 1040 g/mol. The summed E-state index contributed by atoms with van der Waals surface area (Å²) in [7, 11) is -1.68. The van der Waals surface area contributed by atoms with Gasteiger partial charge < -0.3 is 31.1 Å². The smallest absolute Gasteiger partial charge is 0.328 e. The van der Waals surface area contributed by atoms with Crippen LogP contribution >= 0.6 is 0 Å². The molecule has 4 N–H and O–H groups in total. The second kappa shape index (κ2) is 23.0. The second-order valence-electron chi connectivity index (χ2n) is 19.5. The van der Waals surface area contributed by atoms with Gasteiger partial charge in [-0.2, -0.15) is 4.98 Å². The van der Waals surface area contributed by atoms with E-state index in [4.69, 9.17) is 9.97 Å². The number of hydrogen-bond acceptors (Lipinski definition) is 11. The van der Waals surface area contributed by atoms with E-state index >= 15 is 8.78 Å². The molecule has 0 aliphatic carbocycles. The largest absolute Gasteiger partial charge is 0.368 e. The fraction of sp³-hybridized carbons (Fsp3) is 0.263. The number of benzene rings is 5. The maximum Gasteiger partial charge on any atom is 0.328 e. The fourth-order valence-electron chi connectivity index (χ4n) is 9.35. The summed E-state index contributed by atoms with van der Waals surface area (Å²) in [6.07, 6.45) is 1.36. The van der Waals surface area contributed by atoms with Crippen LogP contribution in [-0.4, -0.2) is 92.5 Å². The standard InChI is InChI=1S/C33H33F2N7O2.C24H23F2N5O3S/c1-20(2)37-31(43)22-13-12-21(3)24(18-22)28-25-19-36-33(44)42(29-26(34)10-7-11-27(29)35)30(25)39-32(38-28)41-16-14-40(15-17-41)23-8-5-4-6-9-23;1-12(2)28-22(32)14-9-8-13(3)15(10-14)19-16-11-27-24(33)31(20-17(25)6-5-7-18(20)26)21(16)30-23(29-19)35(4)34/h4-13,18,20H,14-17,19H2,1-3H3,(H,36,44)(H,37,43);5-10,12H,11H2,1-4H3,(H,27,33)(H,28,32). The van der Waals surface area contributed by atoms with Gasteiger partial charge in [0.25, 0.3) is 11.8 Å². The van der Waals surface area contributed by atoms with E-state index in [1.54, 1.807) is 30.3 Å². The number of hydrogen-bond donors (Lipinski definition) is 4. The summed E-state index contributed by atoms with van der Waals surface area (Å²) in [6.45, 7) is 13.8. The Bertz CT molecular complexity index is 3520. The number of urea groups is 2. The molecule has 1 fully saturated rings. The molecule has 6 amide bonds. The van der Waals surface area contributed by atoms with E-state index < -0.39 is 57.5 Å². The average molecular weight is 1100 g/mol. The first kappa shape index (κ1) is 55.0. The van der Waals surface area contributed by atoms with Crippen molar-refractivity contribution >= 4 is 69.3 Å². The van der Waals surface area contributed by atoms with Crippen LogP contribution in [0.5, 0.6) is 0 Å². The lowest BCUT2D eigenvalue weighted by molar-refractivity contribution is 0.0934. The lowest BCUT2D eigenvalue weighted by atomic mass is 9.97. The number of fused-ring (bicyclic) bond motifs is 2. The normalized spacial score (nSPS) is 14.4. The number of para-hydroxylation sites is 3. The molecule has 3 aliphatic heterocycles. The summed E-state index contributed by atoms with van der Waals surface area (Å²) in [6, 6.07) is 25.6. The molecule has 7 aromatic rings. The first-order valence-corrected chi connectivity index (χ1v) is 26.9. The van der Waals surface area contributed by atoms with Gasteiger partial charge in [0, 0.05) is 83.6 Å². The van der Waals surface area contributed by atoms with Crippen LogP contribution in [0.1, 0.15) is 70.7 Å². The minimum atomic E-state index is -1.68. The van der Waals surface area contributed by atoms with E-state index in [2.05, 4.69) is 48.3 Å². The van der Waals surface area contributed by atoms with Crippen LogP contribution in [-0.2, 0) is 23.9 Å². The van der Waals surface area contributed by atoms with Crippen LogP contribution in [0.4, 0.5) is 61.8 Å². The van der Waals surface area contributed by atoms with Gasteiger partial charge in [-0.25, -0.2) is 51.9 Å². The number of carbonyl (C=O) groups excluding carboxylic acids is 4. The van der Waals surface area contributed by atoms with Crippen molar-refractivity contribution in [2.24, 2.45) is 0 Å². The molecule has 17 nitrogen and oxygen atoms in total. The van der Waals surface area contributed by atoms with E-state index in [0.717, 1.165) is 50.9 Å². The van der Waals surface area contributed by atoms with E-state index in [-0.39, 0.29) is 53.8 Å². The van der Waals surface area contributed by atoms with Crippen molar-refractivity contribution < 1.29 is 40.9 Å². The van der Waals surface area contributed by atoms with Gasteiger partial charge in [0.1, 0.15) is 34.6 Å². The number of aryl methyl sites for hydroxylation is 2. The predicted octanol–water partition coefficient (Wildman–Crippen LogP) is 9.52. The van der Waals surface area contributed by atoms with E-state index in [1.807, 2.05) is 70.7 Å². The lowest BCUT2D eigenvalue weighted by Gasteiger charge is -2.37.